The maximum atomic E-state index is 12.9. The minimum Gasteiger partial charge on any atom is -0.496 e. The summed E-state index contributed by atoms with van der Waals surface area (Å²) in [7, 11) is 4.46. The third-order valence-electron chi connectivity index (χ3n) is 6.06. The third kappa shape index (κ3) is 6.70. The van der Waals surface area contributed by atoms with E-state index in [4.69, 9.17) is 14.3 Å². The summed E-state index contributed by atoms with van der Waals surface area (Å²) in [5.41, 5.74) is 3.16. The summed E-state index contributed by atoms with van der Waals surface area (Å²) in [6.45, 7) is -0.148. The average molecular weight is 517 g/mol. The zero-order chi connectivity index (χ0) is 26.1. The number of aliphatic hydroxyl groups excluding tert-OH is 1. The number of hydrogen-bond donors (Lipinski definition) is 3. The first-order valence-electron chi connectivity index (χ1n) is 11.6. The number of benzene rings is 2. The van der Waals surface area contributed by atoms with E-state index in [1.807, 2.05) is 23.9 Å². The van der Waals surface area contributed by atoms with E-state index in [9.17, 15) is 19.8 Å². The molecular formula is C26H32N2O7S. The SMILES string of the molecule is CON=C(C(=O)N[C@@H](Cc1ccc(-c2c(OC)cc(CO)cc2OC)cc1)C(=O)O)C1CCSCC1. The van der Waals surface area contributed by atoms with Crippen LogP contribution >= 0.6 is 11.8 Å². The van der Waals surface area contributed by atoms with Crippen LogP contribution < -0.4 is 14.8 Å². The number of aliphatic hydroxyl groups is 1. The number of rotatable bonds is 11. The Morgan fingerprint density at radius 3 is 2.17 bits per heavy atom. The lowest BCUT2D eigenvalue weighted by Crippen LogP contribution is -2.47. The van der Waals surface area contributed by atoms with E-state index in [2.05, 4.69) is 10.5 Å². The number of carbonyl (C=O) groups excluding carboxylic acids is 1. The highest BCUT2D eigenvalue weighted by Crippen LogP contribution is 2.39. The first kappa shape index (κ1) is 27.3. The van der Waals surface area contributed by atoms with E-state index < -0.39 is 17.9 Å². The van der Waals surface area contributed by atoms with Crippen molar-refractivity contribution in [2.45, 2.75) is 31.9 Å². The number of oxime groups is 1. The molecule has 0 unspecified atom stereocenters. The molecule has 1 atom stereocenters. The number of ether oxygens (including phenoxy) is 2. The molecule has 9 nitrogen and oxygen atoms in total. The van der Waals surface area contributed by atoms with Crippen molar-refractivity contribution in [2.75, 3.05) is 32.8 Å². The van der Waals surface area contributed by atoms with Gasteiger partial charge in [-0.3, -0.25) is 4.79 Å². The molecule has 1 fully saturated rings. The van der Waals surface area contributed by atoms with E-state index in [0.717, 1.165) is 41.0 Å². The van der Waals surface area contributed by atoms with Crippen molar-refractivity contribution >= 4 is 29.4 Å². The summed E-state index contributed by atoms with van der Waals surface area (Å²) in [6.07, 6.45) is 1.69. The lowest BCUT2D eigenvalue weighted by Gasteiger charge is -2.23. The third-order valence-corrected chi connectivity index (χ3v) is 7.11. The lowest BCUT2D eigenvalue weighted by molar-refractivity contribution is -0.141. The highest BCUT2D eigenvalue weighted by Gasteiger charge is 2.29. The molecule has 1 heterocycles. The number of methoxy groups -OCH3 is 2. The van der Waals surface area contributed by atoms with E-state index in [1.54, 1.807) is 38.5 Å². The molecule has 0 aromatic heterocycles. The Kier molecular flexibility index (Phi) is 10.0. The molecule has 3 rings (SSSR count). The first-order valence-corrected chi connectivity index (χ1v) is 12.7. The minimum atomic E-state index is -1.13. The van der Waals surface area contributed by atoms with E-state index in [-0.39, 0.29) is 24.7 Å². The van der Waals surface area contributed by atoms with E-state index in [1.165, 1.54) is 7.11 Å². The van der Waals surface area contributed by atoms with Crippen LogP contribution in [0, 0.1) is 5.92 Å². The van der Waals surface area contributed by atoms with Crippen LogP contribution in [0.1, 0.15) is 24.0 Å². The van der Waals surface area contributed by atoms with Crippen LogP contribution in [0.2, 0.25) is 0 Å². The van der Waals surface area contributed by atoms with Crippen LogP contribution in [-0.2, 0) is 27.5 Å². The summed E-state index contributed by atoms with van der Waals surface area (Å²) in [6, 6.07) is 9.64. The van der Waals surface area contributed by atoms with Gasteiger partial charge in [-0.2, -0.15) is 11.8 Å². The molecular weight excluding hydrogens is 484 g/mol. The standard InChI is InChI=1S/C26H32N2O7S/c1-33-21-13-17(15-29)14-22(34-2)23(21)18-6-4-16(5-7-18)12-20(26(31)32)27-25(30)24(28-35-3)19-8-10-36-11-9-19/h4-7,13-14,19-20,29H,8-12,15H2,1-3H3,(H,27,30)(H,31,32)/t20-/m0/s1. The molecule has 0 spiro atoms. The second-order valence-electron chi connectivity index (χ2n) is 8.34. The minimum absolute atomic E-state index is 0.0536. The smallest absolute Gasteiger partial charge is 0.326 e. The van der Waals surface area contributed by atoms with Gasteiger partial charge < -0.3 is 29.8 Å². The van der Waals surface area contributed by atoms with Crippen LogP contribution in [-0.4, -0.2) is 66.7 Å². The van der Waals surface area contributed by atoms with Gasteiger partial charge in [0.1, 0.15) is 30.4 Å². The summed E-state index contributed by atoms with van der Waals surface area (Å²) in [4.78, 5) is 29.8. The highest BCUT2D eigenvalue weighted by molar-refractivity contribution is 7.99. The monoisotopic (exact) mass is 516 g/mol. The van der Waals surface area contributed by atoms with Crippen LogP contribution in [0.25, 0.3) is 11.1 Å². The van der Waals surface area contributed by atoms with Gasteiger partial charge in [-0.25, -0.2) is 4.79 Å². The number of carboxylic acids is 1. The van der Waals surface area contributed by atoms with Crippen LogP contribution in [0.3, 0.4) is 0 Å². The van der Waals surface area contributed by atoms with Gasteiger partial charge in [0.2, 0.25) is 0 Å². The number of carboxylic acid groups (broad SMARTS) is 1. The fourth-order valence-corrected chi connectivity index (χ4v) is 5.29. The van der Waals surface area contributed by atoms with Crippen molar-refractivity contribution in [1.82, 2.24) is 5.32 Å². The lowest BCUT2D eigenvalue weighted by atomic mass is 9.95. The second kappa shape index (κ2) is 13.2. The Morgan fingerprint density at radius 2 is 1.67 bits per heavy atom. The quantitative estimate of drug-likeness (QED) is 0.307. The van der Waals surface area contributed by atoms with E-state index >= 15 is 0 Å². The number of aliphatic carboxylic acids is 1. The average Bonchev–Trinajstić information content (AvgIpc) is 2.91. The molecule has 1 saturated heterocycles. The molecule has 194 valence electrons. The van der Waals surface area contributed by atoms with Gasteiger partial charge in [0, 0.05) is 12.3 Å². The maximum Gasteiger partial charge on any atom is 0.326 e. The predicted octanol–water partition coefficient (Wildman–Crippen LogP) is 3.12. The fraction of sp³-hybridized carbons (Fsp3) is 0.423. The predicted molar refractivity (Wildman–Crippen MR) is 139 cm³/mol. The highest BCUT2D eigenvalue weighted by atomic mass is 32.2. The molecule has 2 aromatic carbocycles. The van der Waals surface area contributed by atoms with Gasteiger partial charge in [-0.1, -0.05) is 29.4 Å². The van der Waals surface area contributed by atoms with Gasteiger partial charge in [0.15, 0.2) is 0 Å². The molecule has 3 N–H and O–H groups in total. The summed E-state index contributed by atoms with van der Waals surface area (Å²) in [5.74, 6) is 1.24. The topological polar surface area (TPSA) is 127 Å². The molecule has 36 heavy (non-hydrogen) atoms. The molecule has 0 bridgehead atoms. The second-order valence-corrected chi connectivity index (χ2v) is 9.57. The molecule has 0 saturated carbocycles. The molecule has 0 aliphatic carbocycles. The number of nitrogens with one attached hydrogen (secondary N) is 1. The fourth-order valence-electron chi connectivity index (χ4n) is 4.19. The van der Waals surface area contributed by atoms with Crippen LogP contribution in [0.4, 0.5) is 0 Å². The van der Waals surface area contributed by atoms with Gasteiger partial charge in [-0.15, -0.1) is 0 Å². The Morgan fingerprint density at radius 1 is 1.06 bits per heavy atom. The number of carbonyl (C=O) groups is 2. The molecule has 1 aliphatic heterocycles. The van der Waals surface area contributed by atoms with Gasteiger partial charge in [0.25, 0.3) is 5.91 Å². The summed E-state index contributed by atoms with van der Waals surface area (Å²) < 4.78 is 11.0. The number of nitrogens with zero attached hydrogens (tertiary/aromatic N) is 1. The Balaban J connectivity index is 1.78. The van der Waals surface area contributed by atoms with Crippen molar-refractivity contribution in [3.8, 4) is 22.6 Å². The molecule has 2 aromatic rings. The Bertz CT molecular complexity index is 1060. The number of amides is 1. The zero-order valence-electron chi connectivity index (χ0n) is 20.7. The zero-order valence-corrected chi connectivity index (χ0v) is 21.5. The van der Waals surface area contributed by atoms with Crippen molar-refractivity contribution in [3.05, 3.63) is 47.5 Å². The largest absolute Gasteiger partial charge is 0.496 e. The normalized spacial score (nSPS) is 15.2. The van der Waals surface area contributed by atoms with Crippen molar-refractivity contribution in [2.24, 2.45) is 11.1 Å². The first-order chi connectivity index (χ1) is 17.4. The molecule has 1 aliphatic rings. The van der Waals surface area contributed by atoms with Crippen molar-refractivity contribution in [3.63, 3.8) is 0 Å². The van der Waals surface area contributed by atoms with Gasteiger partial charge in [-0.05, 0) is 53.2 Å². The molecule has 0 radical (unpaired) electrons. The molecule has 1 amide bonds. The van der Waals surface area contributed by atoms with Gasteiger partial charge in [0.05, 0.1) is 26.4 Å². The summed E-state index contributed by atoms with van der Waals surface area (Å²) >= 11 is 1.82. The van der Waals surface area contributed by atoms with E-state index in [0.29, 0.717) is 17.1 Å². The van der Waals surface area contributed by atoms with Crippen molar-refractivity contribution < 1.29 is 34.1 Å². The van der Waals surface area contributed by atoms with Crippen molar-refractivity contribution in [1.29, 1.82) is 0 Å². The summed E-state index contributed by atoms with van der Waals surface area (Å²) in [5, 5.41) is 25.8. The van der Waals surface area contributed by atoms with Crippen LogP contribution in [0.15, 0.2) is 41.6 Å². The number of thioether (sulfide) groups is 1. The van der Waals surface area contributed by atoms with Crippen LogP contribution in [0.5, 0.6) is 11.5 Å². The number of hydrogen-bond acceptors (Lipinski definition) is 8. The molecule has 10 heteroatoms. The van der Waals surface area contributed by atoms with Gasteiger partial charge >= 0.3 is 5.97 Å². The Labute approximate surface area is 214 Å². The Hall–Kier alpha value is -3.24. The maximum absolute atomic E-state index is 12.9.